The van der Waals surface area contributed by atoms with Gasteiger partial charge in [0.25, 0.3) is 5.91 Å². The zero-order valence-electron chi connectivity index (χ0n) is 15.1. The van der Waals surface area contributed by atoms with Gasteiger partial charge in [0.15, 0.2) is 18.1 Å². The van der Waals surface area contributed by atoms with E-state index in [1.807, 2.05) is 12.1 Å². The highest BCUT2D eigenvalue weighted by atomic mass is 35.5. The standard InChI is InChI=1S/C19H21ClN2O5/c1-25-16-6-3-12(9-17(16)26-2)7-8-22-18(23)11-27-19(24)14-10-13(20)4-5-15(14)21/h3-6,9-10H,7-8,11,21H2,1-2H3,(H,22,23). The lowest BCUT2D eigenvalue weighted by atomic mass is 10.1. The molecule has 144 valence electrons. The molecular formula is C19H21ClN2O5. The largest absolute Gasteiger partial charge is 0.493 e. The molecule has 0 fully saturated rings. The van der Waals surface area contributed by atoms with Crippen LogP contribution in [0.3, 0.4) is 0 Å². The summed E-state index contributed by atoms with van der Waals surface area (Å²) in [6.45, 7) is -0.0259. The first-order valence-electron chi connectivity index (χ1n) is 8.14. The van der Waals surface area contributed by atoms with Crippen LogP contribution in [0.4, 0.5) is 5.69 Å². The number of amides is 1. The second-order valence-corrected chi connectivity index (χ2v) is 6.03. The van der Waals surface area contributed by atoms with Gasteiger partial charge in [-0.25, -0.2) is 4.79 Å². The normalized spacial score (nSPS) is 10.2. The Morgan fingerprint density at radius 2 is 1.81 bits per heavy atom. The van der Waals surface area contributed by atoms with Gasteiger partial charge >= 0.3 is 5.97 Å². The van der Waals surface area contributed by atoms with Gasteiger partial charge in [-0.1, -0.05) is 17.7 Å². The number of benzene rings is 2. The molecule has 0 bridgehead atoms. The lowest BCUT2D eigenvalue weighted by Crippen LogP contribution is -2.30. The van der Waals surface area contributed by atoms with Crippen LogP contribution in [0.5, 0.6) is 11.5 Å². The number of hydrogen-bond acceptors (Lipinski definition) is 6. The maximum atomic E-state index is 12.0. The quantitative estimate of drug-likeness (QED) is 0.528. The van der Waals surface area contributed by atoms with E-state index in [0.29, 0.717) is 29.5 Å². The molecule has 0 saturated carbocycles. The average molecular weight is 393 g/mol. The number of carbonyl (C=O) groups is 2. The monoisotopic (exact) mass is 392 g/mol. The molecule has 0 aliphatic carbocycles. The van der Waals surface area contributed by atoms with Gasteiger partial charge in [0.1, 0.15) is 0 Å². The zero-order valence-corrected chi connectivity index (χ0v) is 15.8. The first kappa shape index (κ1) is 20.4. The number of nitrogen functional groups attached to an aromatic ring is 1. The number of anilines is 1. The molecule has 1 amide bonds. The molecule has 2 aromatic carbocycles. The number of nitrogens with one attached hydrogen (secondary N) is 1. The molecule has 27 heavy (non-hydrogen) atoms. The highest BCUT2D eigenvalue weighted by Gasteiger charge is 2.14. The summed E-state index contributed by atoms with van der Waals surface area (Å²) in [6, 6.07) is 9.99. The second kappa shape index (κ2) is 9.68. The molecule has 0 aliphatic rings. The zero-order chi connectivity index (χ0) is 19.8. The van der Waals surface area contributed by atoms with Crippen molar-refractivity contribution in [3.05, 3.63) is 52.5 Å². The summed E-state index contributed by atoms with van der Waals surface area (Å²) < 4.78 is 15.4. The molecule has 0 saturated heterocycles. The minimum Gasteiger partial charge on any atom is -0.493 e. The average Bonchev–Trinajstić information content (AvgIpc) is 2.67. The fraction of sp³-hybridized carbons (Fsp3) is 0.263. The molecule has 2 rings (SSSR count). The first-order chi connectivity index (χ1) is 12.9. The molecule has 0 aliphatic heterocycles. The SMILES string of the molecule is COc1ccc(CCNC(=O)COC(=O)c2cc(Cl)ccc2N)cc1OC. The summed E-state index contributed by atoms with van der Waals surface area (Å²) in [5.74, 6) is 0.140. The van der Waals surface area contributed by atoms with Crippen molar-refractivity contribution in [2.45, 2.75) is 6.42 Å². The minimum atomic E-state index is -0.704. The van der Waals surface area contributed by atoms with Crippen LogP contribution in [0.1, 0.15) is 15.9 Å². The predicted molar refractivity (Wildman–Crippen MR) is 102 cm³/mol. The van der Waals surface area contributed by atoms with E-state index in [4.69, 9.17) is 31.5 Å². The van der Waals surface area contributed by atoms with Crippen molar-refractivity contribution in [1.29, 1.82) is 0 Å². The highest BCUT2D eigenvalue weighted by molar-refractivity contribution is 6.31. The highest BCUT2D eigenvalue weighted by Crippen LogP contribution is 2.27. The first-order valence-corrected chi connectivity index (χ1v) is 8.52. The Morgan fingerprint density at radius 3 is 2.52 bits per heavy atom. The van der Waals surface area contributed by atoms with Gasteiger partial charge in [0.05, 0.1) is 19.8 Å². The van der Waals surface area contributed by atoms with E-state index in [1.54, 1.807) is 26.4 Å². The Kier molecular flexibility index (Phi) is 7.31. The predicted octanol–water partition coefficient (Wildman–Crippen LogP) is 2.46. The van der Waals surface area contributed by atoms with E-state index < -0.39 is 18.5 Å². The van der Waals surface area contributed by atoms with Crippen LogP contribution in [0.15, 0.2) is 36.4 Å². The van der Waals surface area contributed by atoms with E-state index in [1.165, 1.54) is 12.1 Å². The van der Waals surface area contributed by atoms with E-state index in [9.17, 15) is 9.59 Å². The fourth-order valence-electron chi connectivity index (χ4n) is 2.35. The third-order valence-corrected chi connectivity index (χ3v) is 3.99. The third kappa shape index (κ3) is 5.79. The molecule has 0 unspecified atom stereocenters. The molecular weight excluding hydrogens is 372 g/mol. The minimum absolute atomic E-state index is 0.126. The topological polar surface area (TPSA) is 99.9 Å². The molecule has 0 heterocycles. The smallest absolute Gasteiger partial charge is 0.340 e. The summed E-state index contributed by atoms with van der Waals surface area (Å²) in [5, 5.41) is 3.04. The van der Waals surface area contributed by atoms with Crippen molar-refractivity contribution in [3.8, 4) is 11.5 Å². The van der Waals surface area contributed by atoms with Crippen LogP contribution in [0.2, 0.25) is 5.02 Å². The van der Waals surface area contributed by atoms with Crippen molar-refractivity contribution in [1.82, 2.24) is 5.32 Å². The Labute approximate surface area is 162 Å². The van der Waals surface area contributed by atoms with Gasteiger partial charge in [0.2, 0.25) is 0 Å². The molecule has 0 atom stereocenters. The Balaban J connectivity index is 1.79. The number of carbonyl (C=O) groups excluding carboxylic acids is 2. The Hall–Kier alpha value is -2.93. The van der Waals surface area contributed by atoms with E-state index >= 15 is 0 Å². The fourth-order valence-corrected chi connectivity index (χ4v) is 2.52. The number of halogens is 1. The van der Waals surface area contributed by atoms with Crippen molar-refractivity contribution in [2.24, 2.45) is 0 Å². The second-order valence-electron chi connectivity index (χ2n) is 5.60. The summed E-state index contributed by atoms with van der Waals surface area (Å²) >= 11 is 5.83. The Bertz CT molecular complexity index is 826. The number of esters is 1. The van der Waals surface area contributed by atoms with Gasteiger partial charge < -0.3 is 25.3 Å². The van der Waals surface area contributed by atoms with Crippen LogP contribution >= 0.6 is 11.6 Å². The molecule has 3 N–H and O–H groups in total. The van der Waals surface area contributed by atoms with Crippen LogP contribution < -0.4 is 20.5 Å². The number of rotatable bonds is 8. The summed E-state index contributed by atoms with van der Waals surface area (Å²) in [7, 11) is 3.13. The molecule has 2 aromatic rings. The maximum absolute atomic E-state index is 12.0. The van der Waals surface area contributed by atoms with Crippen LogP contribution in [0.25, 0.3) is 0 Å². The van der Waals surface area contributed by atoms with E-state index in [-0.39, 0.29) is 11.3 Å². The maximum Gasteiger partial charge on any atom is 0.340 e. The van der Waals surface area contributed by atoms with E-state index in [2.05, 4.69) is 5.32 Å². The van der Waals surface area contributed by atoms with Gasteiger partial charge in [-0.3, -0.25) is 4.79 Å². The van der Waals surface area contributed by atoms with Crippen molar-refractivity contribution in [3.63, 3.8) is 0 Å². The van der Waals surface area contributed by atoms with Gasteiger partial charge in [-0.05, 0) is 42.3 Å². The van der Waals surface area contributed by atoms with Crippen molar-refractivity contribution in [2.75, 3.05) is 33.1 Å². The van der Waals surface area contributed by atoms with Crippen molar-refractivity contribution >= 4 is 29.2 Å². The number of methoxy groups -OCH3 is 2. The van der Waals surface area contributed by atoms with Crippen LogP contribution in [-0.4, -0.2) is 39.2 Å². The van der Waals surface area contributed by atoms with E-state index in [0.717, 1.165) is 5.56 Å². The molecule has 0 aromatic heterocycles. The molecule has 7 nitrogen and oxygen atoms in total. The van der Waals surface area contributed by atoms with Crippen LogP contribution in [0, 0.1) is 0 Å². The van der Waals surface area contributed by atoms with Crippen LogP contribution in [-0.2, 0) is 16.0 Å². The summed E-state index contributed by atoms with van der Waals surface area (Å²) in [4.78, 5) is 23.8. The molecule has 8 heteroatoms. The molecule has 0 spiro atoms. The van der Waals surface area contributed by atoms with Crippen molar-refractivity contribution < 1.29 is 23.8 Å². The van der Waals surface area contributed by atoms with Gasteiger partial charge in [-0.15, -0.1) is 0 Å². The summed E-state index contributed by atoms with van der Waals surface area (Å²) in [6.07, 6.45) is 0.585. The third-order valence-electron chi connectivity index (χ3n) is 3.75. The lowest BCUT2D eigenvalue weighted by Gasteiger charge is -2.10. The Morgan fingerprint density at radius 1 is 1.07 bits per heavy atom. The summed E-state index contributed by atoms with van der Waals surface area (Å²) in [5.41, 5.74) is 7.04. The van der Waals surface area contributed by atoms with Gasteiger partial charge in [0, 0.05) is 17.3 Å². The number of ether oxygens (including phenoxy) is 3. The molecule has 0 radical (unpaired) electrons. The number of hydrogen-bond donors (Lipinski definition) is 2. The lowest BCUT2D eigenvalue weighted by molar-refractivity contribution is -0.124. The van der Waals surface area contributed by atoms with Gasteiger partial charge in [-0.2, -0.15) is 0 Å². The number of nitrogens with two attached hydrogens (primary N) is 1.